The fourth-order valence-corrected chi connectivity index (χ4v) is 3.75. The Kier molecular flexibility index (Phi) is 4.18. The van der Waals surface area contributed by atoms with Crippen molar-refractivity contribution in [3.63, 3.8) is 0 Å². The van der Waals surface area contributed by atoms with Crippen molar-refractivity contribution in [2.24, 2.45) is 0 Å². The van der Waals surface area contributed by atoms with Crippen LogP contribution in [-0.4, -0.2) is 28.8 Å². The molecule has 0 radical (unpaired) electrons. The van der Waals surface area contributed by atoms with Crippen LogP contribution in [0.2, 0.25) is 5.02 Å². The number of ether oxygens (including phenoxy) is 2. The molecular weight excluding hydrogens is 410 g/mol. The summed E-state index contributed by atoms with van der Waals surface area (Å²) in [7, 11) is 0. The fourth-order valence-electron chi connectivity index (χ4n) is 3.63. The first kappa shape index (κ1) is 18.5. The molecule has 2 aliphatic rings. The van der Waals surface area contributed by atoms with Gasteiger partial charge in [0.15, 0.2) is 17.3 Å². The standard InChI is InChI=1S/C21H16ClN3O5/c1-21(14-4-7-16-17(8-14)29-11-28-16)19(26)25(20(27)24-21)10-13-9-23-30-18(13)12-2-5-15(22)6-3-12/h2-9H,10-11H2,1H3,(H,24,27)/t21-/m0/s1. The van der Waals surface area contributed by atoms with Gasteiger partial charge in [-0.2, -0.15) is 0 Å². The topological polar surface area (TPSA) is 93.9 Å². The van der Waals surface area contributed by atoms with Gasteiger partial charge >= 0.3 is 6.03 Å². The summed E-state index contributed by atoms with van der Waals surface area (Å²) in [6.45, 7) is 1.81. The van der Waals surface area contributed by atoms with Crippen molar-refractivity contribution in [2.75, 3.05) is 6.79 Å². The lowest BCUT2D eigenvalue weighted by Gasteiger charge is -2.22. The van der Waals surface area contributed by atoms with E-state index in [9.17, 15) is 9.59 Å². The van der Waals surface area contributed by atoms with E-state index in [4.69, 9.17) is 25.6 Å². The number of urea groups is 1. The van der Waals surface area contributed by atoms with Crippen LogP contribution in [-0.2, 0) is 16.9 Å². The quantitative estimate of drug-likeness (QED) is 0.641. The molecule has 0 spiro atoms. The zero-order chi connectivity index (χ0) is 20.9. The number of aromatic nitrogens is 1. The molecule has 1 aromatic heterocycles. The molecule has 3 amide bonds. The zero-order valence-electron chi connectivity index (χ0n) is 15.8. The first-order valence-electron chi connectivity index (χ1n) is 9.19. The molecule has 1 atom stereocenters. The highest BCUT2D eigenvalue weighted by atomic mass is 35.5. The lowest BCUT2D eigenvalue weighted by atomic mass is 9.91. The van der Waals surface area contributed by atoms with Crippen molar-refractivity contribution in [1.29, 1.82) is 0 Å². The summed E-state index contributed by atoms with van der Waals surface area (Å²) in [4.78, 5) is 27.1. The Hall–Kier alpha value is -3.52. The largest absolute Gasteiger partial charge is 0.454 e. The van der Waals surface area contributed by atoms with E-state index < -0.39 is 11.6 Å². The number of hydrogen-bond donors (Lipinski definition) is 1. The number of rotatable bonds is 4. The number of carbonyl (C=O) groups excluding carboxylic acids is 2. The number of halogens is 1. The van der Waals surface area contributed by atoms with Gasteiger partial charge in [0.05, 0.1) is 12.7 Å². The van der Waals surface area contributed by atoms with Crippen LogP contribution in [0.3, 0.4) is 0 Å². The highest BCUT2D eigenvalue weighted by molar-refractivity contribution is 6.30. The van der Waals surface area contributed by atoms with Gasteiger partial charge in [-0.1, -0.05) is 22.8 Å². The van der Waals surface area contributed by atoms with E-state index in [2.05, 4.69) is 10.5 Å². The summed E-state index contributed by atoms with van der Waals surface area (Å²) >= 11 is 5.94. The van der Waals surface area contributed by atoms with Crippen molar-refractivity contribution in [3.05, 3.63) is 64.8 Å². The molecule has 9 heteroatoms. The Balaban J connectivity index is 1.43. The molecule has 30 heavy (non-hydrogen) atoms. The third-order valence-electron chi connectivity index (χ3n) is 5.30. The molecule has 3 heterocycles. The second kappa shape index (κ2) is 6.77. The maximum atomic E-state index is 13.3. The third-order valence-corrected chi connectivity index (χ3v) is 5.56. The van der Waals surface area contributed by atoms with E-state index >= 15 is 0 Å². The normalized spacial score (nSPS) is 20.0. The van der Waals surface area contributed by atoms with Crippen LogP contribution >= 0.6 is 11.6 Å². The van der Waals surface area contributed by atoms with Gasteiger partial charge in [0.25, 0.3) is 5.91 Å². The van der Waals surface area contributed by atoms with Gasteiger partial charge in [0.1, 0.15) is 5.54 Å². The minimum absolute atomic E-state index is 0.0201. The molecule has 2 aliphatic heterocycles. The average Bonchev–Trinajstić information content (AvgIpc) is 3.44. The van der Waals surface area contributed by atoms with E-state index in [1.54, 1.807) is 49.4 Å². The van der Waals surface area contributed by atoms with Gasteiger partial charge in [-0.3, -0.25) is 9.69 Å². The van der Waals surface area contributed by atoms with Crippen LogP contribution in [0, 0.1) is 0 Å². The Bertz CT molecular complexity index is 1160. The average molecular weight is 426 g/mol. The van der Waals surface area contributed by atoms with E-state index in [0.717, 1.165) is 10.5 Å². The second-order valence-corrected chi connectivity index (χ2v) is 7.64. The number of nitrogens with zero attached hydrogens (tertiary/aromatic N) is 2. The molecule has 1 saturated heterocycles. The number of benzene rings is 2. The van der Waals surface area contributed by atoms with Gasteiger partial charge in [-0.25, -0.2) is 4.79 Å². The van der Waals surface area contributed by atoms with Crippen LogP contribution in [0.5, 0.6) is 11.5 Å². The summed E-state index contributed by atoms with van der Waals surface area (Å²) < 4.78 is 16.1. The summed E-state index contributed by atoms with van der Waals surface area (Å²) in [5.41, 5.74) is 0.736. The molecule has 0 saturated carbocycles. The lowest BCUT2D eigenvalue weighted by Crippen LogP contribution is -2.40. The predicted molar refractivity (Wildman–Crippen MR) is 106 cm³/mol. The molecule has 8 nitrogen and oxygen atoms in total. The first-order chi connectivity index (χ1) is 14.5. The van der Waals surface area contributed by atoms with Crippen LogP contribution < -0.4 is 14.8 Å². The molecule has 1 fully saturated rings. The number of nitrogens with one attached hydrogen (secondary N) is 1. The Morgan fingerprint density at radius 3 is 2.70 bits per heavy atom. The minimum Gasteiger partial charge on any atom is -0.454 e. The molecule has 0 unspecified atom stereocenters. The summed E-state index contributed by atoms with van der Waals surface area (Å²) in [6, 6.07) is 11.7. The van der Waals surface area contributed by atoms with Crippen molar-refractivity contribution in [1.82, 2.24) is 15.4 Å². The SMILES string of the molecule is C[C@@]1(c2ccc3c(c2)OCO3)NC(=O)N(Cc2cnoc2-c2ccc(Cl)cc2)C1=O. The number of hydrogen-bond acceptors (Lipinski definition) is 6. The van der Waals surface area contributed by atoms with Gasteiger partial charge in [-0.05, 0) is 48.9 Å². The van der Waals surface area contributed by atoms with Gasteiger partial charge in [0.2, 0.25) is 6.79 Å². The van der Waals surface area contributed by atoms with Crippen LogP contribution in [0.15, 0.2) is 53.2 Å². The van der Waals surface area contributed by atoms with Crippen molar-refractivity contribution < 1.29 is 23.6 Å². The molecule has 5 rings (SSSR count). The van der Waals surface area contributed by atoms with Crippen molar-refractivity contribution in [3.8, 4) is 22.8 Å². The lowest BCUT2D eigenvalue weighted by molar-refractivity contribution is -0.131. The fraction of sp³-hybridized carbons (Fsp3) is 0.190. The van der Waals surface area contributed by atoms with Gasteiger partial charge in [0, 0.05) is 16.1 Å². The van der Waals surface area contributed by atoms with E-state index in [0.29, 0.717) is 33.4 Å². The molecule has 2 aromatic carbocycles. The van der Waals surface area contributed by atoms with E-state index in [-0.39, 0.29) is 19.2 Å². The smallest absolute Gasteiger partial charge is 0.325 e. The second-order valence-electron chi connectivity index (χ2n) is 7.20. The van der Waals surface area contributed by atoms with Gasteiger partial charge < -0.3 is 19.3 Å². The summed E-state index contributed by atoms with van der Waals surface area (Å²) in [5, 5.41) is 7.22. The van der Waals surface area contributed by atoms with Gasteiger partial charge in [-0.15, -0.1) is 0 Å². The molecular formula is C21H16ClN3O5. The molecule has 3 aromatic rings. The number of fused-ring (bicyclic) bond motifs is 1. The maximum absolute atomic E-state index is 13.3. The van der Waals surface area contributed by atoms with E-state index in [1.165, 1.54) is 6.20 Å². The maximum Gasteiger partial charge on any atom is 0.325 e. The monoisotopic (exact) mass is 425 g/mol. The Morgan fingerprint density at radius 2 is 1.90 bits per heavy atom. The zero-order valence-corrected chi connectivity index (χ0v) is 16.6. The highest BCUT2D eigenvalue weighted by Crippen LogP contribution is 2.38. The minimum atomic E-state index is -1.23. The predicted octanol–water partition coefficient (Wildman–Crippen LogP) is 3.69. The summed E-state index contributed by atoms with van der Waals surface area (Å²) in [6.07, 6.45) is 1.50. The Labute approximate surface area is 176 Å². The number of carbonyl (C=O) groups is 2. The van der Waals surface area contributed by atoms with Crippen LogP contribution in [0.4, 0.5) is 4.79 Å². The third kappa shape index (κ3) is 2.88. The summed E-state index contributed by atoms with van der Waals surface area (Å²) in [5.74, 6) is 1.24. The van der Waals surface area contributed by atoms with Crippen molar-refractivity contribution in [2.45, 2.75) is 19.0 Å². The molecule has 0 aliphatic carbocycles. The molecule has 152 valence electrons. The highest BCUT2D eigenvalue weighted by Gasteiger charge is 2.49. The van der Waals surface area contributed by atoms with Crippen LogP contribution in [0.25, 0.3) is 11.3 Å². The first-order valence-corrected chi connectivity index (χ1v) is 9.57. The number of amides is 3. The number of imide groups is 1. The molecule has 1 N–H and O–H groups in total. The molecule has 0 bridgehead atoms. The van der Waals surface area contributed by atoms with Crippen LogP contribution in [0.1, 0.15) is 18.1 Å². The van der Waals surface area contributed by atoms with Crippen molar-refractivity contribution >= 4 is 23.5 Å². The van der Waals surface area contributed by atoms with E-state index in [1.807, 2.05) is 0 Å². The Morgan fingerprint density at radius 1 is 1.13 bits per heavy atom.